The molecule has 11 nitrogen and oxygen atoms in total. The van der Waals surface area contributed by atoms with Crippen molar-refractivity contribution < 1.29 is 40.2 Å². The van der Waals surface area contributed by atoms with Crippen LogP contribution in [0, 0.1) is 0 Å². The van der Waals surface area contributed by atoms with Crippen molar-refractivity contribution in [1.82, 2.24) is 15.0 Å². The number of hydrogen-bond donors (Lipinski definition) is 7. The third-order valence-corrected chi connectivity index (χ3v) is 11.5. The third kappa shape index (κ3) is 5.82. The maximum atomic E-state index is 11.4. The summed E-state index contributed by atoms with van der Waals surface area (Å²) in [6.07, 6.45) is 0. The summed E-state index contributed by atoms with van der Waals surface area (Å²) in [6, 6.07) is 36.0. The van der Waals surface area contributed by atoms with Gasteiger partial charge in [-0.15, -0.1) is 0 Å². The van der Waals surface area contributed by atoms with E-state index in [9.17, 15) is 35.7 Å². The van der Waals surface area contributed by atoms with Crippen molar-refractivity contribution in [3.05, 3.63) is 115 Å². The summed E-state index contributed by atoms with van der Waals surface area (Å²) in [7, 11) is 4.90. The maximum absolute atomic E-state index is 11.4. The number of nitrogens with zero attached hydrogens (tertiary/aromatic N) is 3. The lowest BCUT2D eigenvalue weighted by atomic mass is 9.85. The first-order valence-electron chi connectivity index (χ1n) is 19.3. The third-order valence-electron chi connectivity index (χ3n) is 11.5. The highest BCUT2D eigenvalue weighted by atomic mass is 16.4. The number of furan rings is 1. The molecule has 0 radical (unpaired) electrons. The lowest BCUT2D eigenvalue weighted by Gasteiger charge is -2.18. The molecule has 0 saturated heterocycles. The molecular formula is C47H32B3N3O8. The molecule has 8 aromatic carbocycles. The SMILES string of the molecule is Bc1cc2c(oc3c(O)cc(B)c(-c4nc(-c5ccc(-c6c(O)c(B)c(O)c(O)c6O)c(-c6ccc7ccccc7c6)c5)nc(-c5ccc6ccccc6c5)n4)c32)c(O)c1O. The monoisotopic (exact) mass is 799 g/mol. The second-order valence-corrected chi connectivity index (χ2v) is 15.2. The van der Waals surface area contributed by atoms with E-state index in [2.05, 4.69) is 0 Å². The van der Waals surface area contributed by atoms with E-state index in [0.29, 0.717) is 60.9 Å². The average Bonchev–Trinajstić information content (AvgIpc) is 3.66. The van der Waals surface area contributed by atoms with E-state index < -0.39 is 28.7 Å². The van der Waals surface area contributed by atoms with E-state index in [1.54, 1.807) is 33.9 Å². The molecule has 61 heavy (non-hydrogen) atoms. The van der Waals surface area contributed by atoms with Gasteiger partial charge in [-0.3, -0.25) is 0 Å². The van der Waals surface area contributed by atoms with E-state index in [1.807, 2.05) is 91.0 Å². The Morgan fingerprint density at radius 2 is 0.984 bits per heavy atom. The molecule has 0 bridgehead atoms. The average molecular weight is 799 g/mol. The summed E-state index contributed by atoms with van der Waals surface area (Å²) in [5.41, 5.74) is 4.29. The van der Waals surface area contributed by atoms with Crippen LogP contribution in [0.2, 0.25) is 0 Å². The highest BCUT2D eigenvalue weighted by Crippen LogP contribution is 2.50. The lowest BCUT2D eigenvalue weighted by Crippen LogP contribution is -2.11. The van der Waals surface area contributed by atoms with Gasteiger partial charge in [0.15, 0.2) is 51.6 Å². The zero-order valence-corrected chi connectivity index (χ0v) is 32.9. The topological polar surface area (TPSA) is 193 Å². The summed E-state index contributed by atoms with van der Waals surface area (Å²) in [5.74, 6) is -2.64. The van der Waals surface area contributed by atoms with Crippen molar-refractivity contribution >= 4 is 83.4 Å². The Bertz CT molecular complexity index is 3490. The summed E-state index contributed by atoms with van der Waals surface area (Å²) in [4.78, 5) is 15.2. The van der Waals surface area contributed by atoms with Gasteiger partial charge in [-0.25, -0.2) is 15.0 Å². The van der Waals surface area contributed by atoms with Gasteiger partial charge >= 0.3 is 0 Å². The summed E-state index contributed by atoms with van der Waals surface area (Å²) in [5, 5.41) is 81.4. The molecule has 0 amide bonds. The second kappa shape index (κ2) is 13.7. The molecule has 14 heteroatoms. The number of phenolic OH excluding ortho intramolecular Hbond substituents is 7. The smallest absolute Gasteiger partial charge is 0.201 e. The van der Waals surface area contributed by atoms with Crippen molar-refractivity contribution in [3.63, 3.8) is 0 Å². The molecule has 0 aliphatic rings. The van der Waals surface area contributed by atoms with Crippen LogP contribution in [0.1, 0.15) is 0 Å². The molecule has 7 N–H and O–H groups in total. The maximum Gasteiger partial charge on any atom is 0.201 e. The number of hydrogen-bond acceptors (Lipinski definition) is 11. The number of rotatable bonds is 5. The summed E-state index contributed by atoms with van der Waals surface area (Å²) < 4.78 is 6.03. The Morgan fingerprint density at radius 3 is 1.66 bits per heavy atom. The second-order valence-electron chi connectivity index (χ2n) is 15.2. The molecule has 2 heterocycles. The minimum absolute atomic E-state index is 0.0120. The molecule has 0 aliphatic carbocycles. The standard InChI is InChI=1S/C47H32B3N3O8/c48-30-19-32(54)44-33(29-18-31(49)37(55)42(60)43(29)61-44)35(30)47-52-45(25-12-10-21-6-2-4-8-23(21)16-25)51-46(53-47)26-13-14-27(34-38(56)36(50)40(58)41(59)39(34)57)28(17-26)24-11-9-20-5-1-3-7-22(20)15-24/h1-19,54-60H,48-50H2. The first-order chi connectivity index (χ1) is 29.4. The Labute approximate surface area is 349 Å². The lowest BCUT2D eigenvalue weighted by molar-refractivity contribution is 0.365. The van der Waals surface area contributed by atoms with Crippen LogP contribution in [-0.4, -0.2) is 74.2 Å². The summed E-state index contributed by atoms with van der Waals surface area (Å²) >= 11 is 0. The normalized spacial score (nSPS) is 11.6. The molecule has 0 fully saturated rings. The highest BCUT2D eigenvalue weighted by molar-refractivity contribution is 6.41. The van der Waals surface area contributed by atoms with Crippen molar-refractivity contribution in [2.24, 2.45) is 0 Å². The Morgan fingerprint density at radius 1 is 0.410 bits per heavy atom. The van der Waals surface area contributed by atoms with Crippen LogP contribution in [0.5, 0.6) is 40.2 Å². The minimum atomic E-state index is -0.762. The highest BCUT2D eigenvalue weighted by Gasteiger charge is 2.27. The Hall–Kier alpha value is -8.12. The van der Waals surface area contributed by atoms with E-state index >= 15 is 0 Å². The van der Waals surface area contributed by atoms with Crippen LogP contribution in [0.4, 0.5) is 0 Å². The van der Waals surface area contributed by atoms with Gasteiger partial charge in [-0.05, 0) is 73.4 Å². The van der Waals surface area contributed by atoms with E-state index in [0.717, 1.165) is 21.5 Å². The predicted octanol–water partition coefficient (Wildman–Crippen LogP) is 5.13. The van der Waals surface area contributed by atoms with Crippen LogP contribution in [0.25, 0.3) is 99.9 Å². The van der Waals surface area contributed by atoms with Gasteiger partial charge in [-0.2, -0.15) is 0 Å². The largest absolute Gasteiger partial charge is 0.508 e. The fourth-order valence-electron chi connectivity index (χ4n) is 8.24. The van der Waals surface area contributed by atoms with Gasteiger partial charge in [-0.1, -0.05) is 96.5 Å². The Kier molecular flexibility index (Phi) is 8.37. The Balaban J connectivity index is 1.28. The molecule has 0 unspecified atom stereocenters. The van der Waals surface area contributed by atoms with Crippen LogP contribution in [0.3, 0.4) is 0 Å². The molecule has 0 saturated carbocycles. The van der Waals surface area contributed by atoms with Crippen molar-refractivity contribution in [2.75, 3.05) is 0 Å². The molecule has 292 valence electrons. The van der Waals surface area contributed by atoms with Gasteiger partial charge in [0.05, 0.1) is 5.56 Å². The quantitative estimate of drug-likeness (QED) is 0.0694. The molecule has 10 rings (SSSR count). The number of fused-ring (bicyclic) bond motifs is 5. The first-order valence-corrected chi connectivity index (χ1v) is 19.3. The molecule has 0 atom stereocenters. The molecule has 0 aliphatic heterocycles. The van der Waals surface area contributed by atoms with Crippen molar-refractivity contribution in [2.45, 2.75) is 0 Å². The number of aromatic hydroxyl groups is 7. The molecule has 0 spiro atoms. The van der Waals surface area contributed by atoms with Crippen LogP contribution in [0.15, 0.2) is 120 Å². The van der Waals surface area contributed by atoms with Crippen LogP contribution >= 0.6 is 0 Å². The van der Waals surface area contributed by atoms with Gasteiger partial charge < -0.3 is 40.2 Å². The minimum Gasteiger partial charge on any atom is -0.508 e. The zero-order chi connectivity index (χ0) is 42.4. The number of benzene rings is 8. The molecular weight excluding hydrogens is 767 g/mol. The fraction of sp³-hybridized carbons (Fsp3) is 0. The van der Waals surface area contributed by atoms with Crippen molar-refractivity contribution in [3.8, 4) is 96.7 Å². The van der Waals surface area contributed by atoms with E-state index in [4.69, 9.17) is 19.4 Å². The predicted molar refractivity (Wildman–Crippen MR) is 245 cm³/mol. The number of aromatic nitrogens is 3. The first kappa shape index (κ1) is 37.2. The van der Waals surface area contributed by atoms with E-state index in [-0.39, 0.29) is 45.3 Å². The van der Waals surface area contributed by atoms with Crippen molar-refractivity contribution in [1.29, 1.82) is 0 Å². The van der Waals surface area contributed by atoms with Gasteiger partial charge in [0, 0.05) is 27.5 Å². The zero-order valence-electron chi connectivity index (χ0n) is 32.9. The van der Waals surface area contributed by atoms with E-state index in [1.165, 1.54) is 13.9 Å². The molecule has 10 aromatic rings. The fourth-order valence-corrected chi connectivity index (χ4v) is 8.24. The number of phenols is 7. The molecule has 2 aromatic heterocycles. The van der Waals surface area contributed by atoms with Crippen LogP contribution < -0.4 is 16.4 Å². The van der Waals surface area contributed by atoms with Crippen LogP contribution in [-0.2, 0) is 0 Å². The van der Waals surface area contributed by atoms with Gasteiger partial charge in [0.1, 0.15) is 29.3 Å². The van der Waals surface area contributed by atoms with Gasteiger partial charge in [0.2, 0.25) is 11.5 Å². The van der Waals surface area contributed by atoms with Gasteiger partial charge in [0.25, 0.3) is 0 Å². The summed E-state index contributed by atoms with van der Waals surface area (Å²) in [6.45, 7) is 0.